The molecule has 2 N–H and O–H groups in total. The van der Waals surface area contributed by atoms with E-state index < -0.39 is 17.5 Å². The van der Waals surface area contributed by atoms with Crippen LogP contribution in [-0.4, -0.2) is 26.0 Å². The molecule has 2 atom stereocenters. The Hall–Kier alpha value is -3.16. The minimum absolute atomic E-state index is 0.212. The number of benzene rings is 1. The summed E-state index contributed by atoms with van der Waals surface area (Å²) in [5.74, 6) is 0.0657. The van der Waals surface area contributed by atoms with Crippen molar-refractivity contribution in [2.45, 2.75) is 38.6 Å². The van der Waals surface area contributed by atoms with E-state index in [-0.39, 0.29) is 6.04 Å². The van der Waals surface area contributed by atoms with Gasteiger partial charge < -0.3 is 10.3 Å². The third-order valence-electron chi connectivity index (χ3n) is 7.41. The number of pyridine rings is 1. The quantitative estimate of drug-likeness (QED) is 0.423. The summed E-state index contributed by atoms with van der Waals surface area (Å²) in [7, 11) is 0. The molecule has 0 aliphatic heterocycles. The van der Waals surface area contributed by atoms with Crippen LogP contribution in [0.5, 0.6) is 0 Å². The van der Waals surface area contributed by atoms with Gasteiger partial charge in [-0.25, -0.2) is 28.1 Å². The maximum absolute atomic E-state index is 14.1. The number of aromatic nitrogens is 4. The van der Waals surface area contributed by atoms with E-state index in [1.807, 2.05) is 0 Å². The van der Waals surface area contributed by atoms with E-state index in [4.69, 9.17) is 4.98 Å². The fourth-order valence-electron chi connectivity index (χ4n) is 5.68. The smallest absolute Gasteiger partial charge is 0.164 e. The standard InChI is InChI=1S/C24H22F3N5/c1-11-12-2-4-13(5-3-12)21(11)31-23-16-7-18(26)19(27)8-20(16)30-24(32-23)17-10-29-22-15(17)6-14(25)9-28-22/h6-13,21H,2-5H2,1H3,(H,28,29)(H,30,31,32). The van der Waals surface area contributed by atoms with Crippen LogP contribution in [0.3, 0.4) is 0 Å². The molecule has 0 saturated heterocycles. The predicted molar refractivity (Wildman–Crippen MR) is 117 cm³/mol. The van der Waals surface area contributed by atoms with Crippen molar-refractivity contribution in [2.24, 2.45) is 17.8 Å². The third-order valence-corrected chi connectivity index (χ3v) is 7.41. The molecule has 0 radical (unpaired) electrons. The van der Waals surface area contributed by atoms with Gasteiger partial charge in [-0.1, -0.05) is 6.92 Å². The van der Waals surface area contributed by atoms with Gasteiger partial charge in [0.2, 0.25) is 0 Å². The molecule has 3 aliphatic rings. The highest BCUT2D eigenvalue weighted by Crippen LogP contribution is 2.46. The molecular weight excluding hydrogens is 415 g/mol. The highest BCUT2D eigenvalue weighted by molar-refractivity contribution is 5.95. The predicted octanol–water partition coefficient (Wildman–Crippen LogP) is 5.83. The largest absolute Gasteiger partial charge is 0.366 e. The lowest BCUT2D eigenvalue weighted by Crippen LogP contribution is -2.47. The van der Waals surface area contributed by atoms with Gasteiger partial charge in [0, 0.05) is 34.6 Å². The zero-order valence-electron chi connectivity index (χ0n) is 17.5. The number of halogens is 3. The number of fused-ring (bicyclic) bond motifs is 5. The molecule has 3 aliphatic carbocycles. The van der Waals surface area contributed by atoms with Crippen molar-refractivity contribution in [1.82, 2.24) is 19.9 Å². The minimum atomic E-state index is -0.968. The van der Waals surface area contributed by atoms with Crippen molar-refractivity contribution >= 4 is 27.8 Å². The van der Waals surface area contributed by atoms with Crippen molar-refractivity contribution in [3.8, 4) is 11.4 Å². The summed E-state index contributed by atoms with van der Waals surface area (Å²) in [6, 6.07) is 3.82. The summed E-state index contributed by atoms with van der Waals surface area (Å²) in [4.78, 5) is 16.3. The first-order valence-electron chi connectivity index (χ1n) is 11.0. The number of rotatable bonds is 3. The molecule has 2 bridgehead atoms. The van der Waals surface area contributed by atoms with Gasteiger partial charge in [-0.05, 0) is 55.6 Å². The Morgan fingerprint density at radius 1 is 0.938 bits per heavy atom. The van der Waals surface area contributed by atoms with E-state index in [1.54, 1.807) is 6.20 Å². The monoisotopic (exact) mass is 437 g/mol. The molecule has 0 amide bonds. The summed E-state index contributed by atoms with van der Waals surface area (Å²) in [5, 5.41) is 4.54. The number of anilines is 1. The fourth-order valence-corrected chi connectivity index (χ4v) is 5.68. The molecule has 7 rings (SSSR count). The lowest BCUT2D eigenvalue weighted by Gasteiger charge is -2.47. The van der Waals surface area contributed by atoms with Gasteiger partial charge in [0.1, 0.15) is 17.3 Å². The lowest BCUT2D eigenvalue weighted by molar-refractivity contribution is 0.0929. The number of aromatic amines is 1. The molecule has 32 heavy (non-hydrogen) atoms. The number of nitrogens with zero attached hydrogens (tertiary/aromatic N) is 3. The molecule has 3 saturated carbocycles. The van der Waals surface area contributed by atoms with Gasteiger partial charge in [-0.3, -0.25) is 0 Å². The first-order chi connectivity index (χ1) is 15.5. The van der Waals surface area contributed by atoms with E-state index in [0.29, 0.717) is 56.9 Å². The van der Waals surface area contributed by atoms with Crippen molar-refractivity contribution < 1.29 is 13.2 Å². The van der Waals surface area contributed by atoms with Gasteiger partial charge in [-0.15, -0.1) is 0 Å². The van der Waals surface area contributed by atoms with Gasteiger partial charge in [0.15, 0.2) is 17.5 Å². The molecule has 5 nitrogen and oxygen atoms in total. The Bertz CT molecular complexity index is 1340. The zero-order valence-corrected chi connectivity index (χ0v) is 17.5. The molecule has 2 unspecified atom stereocenters. The third kappa shape index (κ3) is 3.04. The minimum Gasteiger partial charge on any atom is -0.366 e. The van der Waals surface area contributed by atoms with Gasteiger partial charge in [0.25, 0.3) is 0 Å². The van der Waals surface area contributed by atoms with Crippen LogP contribution in [0, 0.1) is 35.2 Å². The molecule has 3 fully saturated rings. The second-order valence-electron chi connectivity index (χ2n) is 9.14. The maximum atomic E-state index is 14.1. The number of H-pyrrole nitrogens is 1. The van der Waals surface area contributed by atoms with Gasteiger partial charge in [-0.2, -0.15) is 0 Å². The molecule has 0 spiro atoms. The molecule has 4 aromatic rings. The average Bonchev–Trinajstić information content (AvgIpc) is 3.20. The Morgan fingerprint density at radius 3 is 2.47 bits per heavy atom. The SMILES string of the molecule is CC1C2CCC(CC2)C1Nc1nc(-c2c[nH]c3ncc(F)cc23)nc2cc(F)c(F)cc12. The van der Waals surface area contributed by atoms with E-state index in [0.717, 1.165) is 18.3 Å². The van der Waals surface area contributed by atoms with Crippen LogP contribution >= 0.6 is 0 Å². The van der Waals surface area contributed by atoms with Crippen LogP contribution in [0.2, 0.25) is 0 Å². The summed E-state index contributed by atoms with van der Waals surface area (Å²) >= 11 is 0. The molecule has 3 heterocycles. The molecule has 3 aromatic heterocycles. The van der Waals surface area contributed by atoms with Crippen molar-refractivity contribution in [3.63, 3.8) is 0 Å². The first kappa shape index (κ1) is 19.5. The first-order valence-corrected chi connectivity index (χ1v) is 11.0. The van der Waals surface area contributed by atoms with Crippen LogP contribution in [0.25, 0.3) is 33.3 Å². The van der Waals surface area contributed by atoms with E-state index in [9.17, 15) is 13.2 Å². The van der Waals surface area contributed by atoms with Crippen LogP contribution in [0.4, 0.5) is 19.0 Å². The van der Waals surface area contributed by atoms with Crippen molar-refractivity contribution in [1.29, 1.82) is 0 Å². The molecule has 164 valence electrons. The molecule has 8 heteroatoms. The zero-order chi connectivity index (χ0) is 22.0. The summed E-state index contributed by atoms with van der Waals surface area (Å²) in [6.07, 6.45) is 7.61. The molecular formula is C24H22F3N5. The van der Waals surface area contributed by atoms with Crippen LogP contribution in [0.15, 0.2) is 30.6 Å². The normalized spacial score (nSPS) is 25.0. The number of nitrogens with one attached hydrogen (secondary N) is 2. The van der Waals surface area contributed by atoms with E-state index in [2.05, 4.69) is 27.2 Å². The van der Waals surface area contributed by atoms with E-state index >= 15 is 0 Å². The highest BCUT2D eigenvalue weighted by atomic mass is 19.2. The Morgan fingerprint density at radius 2 is 1.69 bits per heavy atom. The maximum Gasteiger partial charge on any atom is 0.164 e. The lowest BCUT2D eigenvalue weighted by atomic mass is 9.62. The Labute approximate surface area is 182 Å². The second-order valence-corrected chi connectivity index (χ2v) is 9.14. The highest BCUT2D eigenvalue weighted by Gasteiger charge is 2.41. The summed E-state index contributed by atoms with van der Waals surface area (Å²) < 4.78 is 42.1. The number of hydrogen-bond donors (Lipinski definition) is 2. The van der Waals surface area contributed by atoms with Gasteiger partial charge >= 0.3 is 0 Å². The van der Waals surface area contributed by atoms with Gasteiger partial charge in [0.05, 0.1) is 11.7 Å². The second kappa shape index (κ2) is 7.18. The van der Waals surface area contributed by atoms with Crippen molar-refractivity contribution in [2.75, 3.05) is 5.32 Å². The van der Waals surface area contributed by atoms with E-state index in [1.165, 1.54) is 31.7 Å². The fraction of sp³-hybridized carbons (Fsp3) is 0.375. The summed E-state index contributed by atoms with van der Waals surface area (Å²) in [6.45, 7) is 2.26. The molecule has 1 aromatic carbocycles. The Balaban J connectivity index is 1.52. The van der Waals surface area contributed by atoms with Crippen LogP contribution in [0.1, 0.15) is 32.6 Å². The number of hydrogen-bond acceptors (Lipinski definition) is 4. The van der Waals surface area contributed by atoms with Crippen molar-refractivity contribution in [3.05, 3.63) is 48.0 Å². The van der Waals surface area contributed by atoms with Crippen LogP contribution < -0.4 is 5.32 Å². The van der Waals surface area contributed by atoms with Crippen LogP contribution in [-0.2, 0) is 0 Å². The Kier molecular flexibility index (Phi) is 4.38. The average molecular weight is 437 g/mol. The topological polar surface area (TPSA) is 66.5 Å². The summed E-state index contributed by atoms with van der Waals surface area (Å²) in [5.41, 5.74) is 1.35.